The van der Waals surface area contributed by atoms with Crippen LogP contribution in [0.3, 0.4) is 0 Å². The second-order valence-electron chi connectivity index (χ2n) is 7.86. The lowest BCUT2D eigenvalue weighted by molar-refractivity contribution is 0.0715. The Morgan fingerprint density at radius 3 is 2.59 bits per heavy atom. The van der Waals surface area contributed by atoms with Crippen LogP contribution in [0.25, 0.3) is 0 Å². The minimum absolute atomic E-state index is 0.000127. The molecule has 0 radical (unpaired) electrons. The molecule has 2 aliphatic heterocycles. The maximum Gasteiger partial charge on any atom is 0.322 e. The van der Waals surface area contributed by atoms with E-state index in [0.29, 0.717) is 25.2 Å². The van der Waals surface area contributed by atoms with Crippen LogP contribution in [-0.4, -0.2) is 51.2 Å². The average Bonchev–Trinajstić information content (AvgIpc) is 3.10. The summed E-state index contributed by atoms with van der Waals surface area (Å²) < 4.78 is 1.81. The summed E-state index contributed by atoms with van der Waals surface area (Å²) in [4.78, 5) is 29.7. The number of hydrogen-bond donors (Lipinski definition) is 1. The molecule has 0 unspecified atom stereocenters. The molecule has 154 valence electrons. The van der Waals surface area contributed by atoms with Gasteiger partial charge in [-0.3, -0.25) is 9.48 Å². The predicted molar refractivity (Wildman–Crippen MR) is 112 cm³/mol. The Labute approximate surface area is 171 Å². The maximum absolute atomic E-state index is 13.1. The van der Waals surface area contributed by atoms with Crippen molar-refractivity contribution in [2.24, 2.45) is 7.05 Å². The molecule has 0 atom stereocenters. The van der Waals surface area contributed by atoms with E-state index in [-0.39, 0.29) is 11.9 Å². The van der Waals surface area contributed by atoms with Crippen molar-refractivity contribution in [3.8, 4) is 0 Å². The van der Waals surface area contributed by atoms with Gasteiger partial charge in [0.2, 0.25) is 0 Å². The number of benzene rings is 1. The number of nitrogens with one attached hydrogen (secondary N) is 1. The maximum atomic E-state index is 13.1. The molecule has 2 aromatic rings. The number of anilines is 1. The van der Waals surface area contributed by atoms with E-state index in [9.17, 15) is 9.59 Å². The number of amides is 3. The van der Waals surface area contributed by atoms with Gasteiger partial charge < -0.3 is 15.1 Å². The van der Waals surface area contributed by atoms with Crippen molar-refractivity contribution >= 4 is 17.6 Å². The Hall–Kier alpha value is -2.83. The molecule has 1 saturated heterocycles. The molecule has 3 amide bonds. The van der Waals surface area contributed by atoms with Gasteiger partial charge in [0.05, 0.1) is 6.54 Å². The number of carbonyl (C=O) groups is 2. The number of aromatic nitrogens is 2. The van der Waals surface area contributed by atoms with Gasteiger partial charge in [0, 0.05) is 50.0 Å². The number of aryl methyl sites for hydroxylation is 2. The van der Waals surface area contributed by atoms with Gasteiger partial charge in [-0.15, -0.1) is 0 Å². The highest BCUT2D eigenvalue weighted by molar-refractivity contribution is 5.95. The Morgan fingerprint density at radius 1 is 1.07 bits per heavy atom. The van der Waals surface area contributed by atoms with E-state index in [1.165, 1.54) is 6.42 Å². The van der Waals surface area contributed by atoms with Gasteiger partial charge in [0.25, 0.3) is 5.91 Å². The standard InChI is InChI=1S/C22H29N5O2/c1-3-16-9-5-6-10-18(16)23-22(29)27-14-11-19-17(15-27)20(24-25(19)2)21(28)26-12-7-4-8-13-26/h5-6,9-10H,3-4,7-8,11-15H2,1-2H3,(H,23,29). The molecular weight excluding hydrogens is 366 g/mol. The highest BCUT2D eigenvalue weighted by Crippen LogP contribution is 2.25. The third kappa shape index (κ3) is 3.86. The van der Waals surface area contributed by atoms with Crippen molar-refractivity contribution in [2.75, 3.05) is 25.0 Å². The molecule has 0 spiro atoms. The normalized spacial score (nSPS) is 16.5. The van der Waals surface area contributed by atoms with Crippen LogP contribution in [0.2, 0.25) is 0 Å². The molecule has 4 rings (SSSR count). The van der Waals surface area contributed by atoms with E-state index in [4.69, 9.17) is 0 Å². The number of carbonyl (C=O) groups excluding carboxylic acids is 2. The van der Waals surface area contributed by atoms with E-state index in [0.717, 1.165) is 54.9 Å². The Bertz CT molecular complexity index is 914. The van der Waals surface area contributed by atoms with E-state index in [1.807, 2.05) is 40.9 Å². The van der Waals surface area contributed by atoms with E-state index in [1.54, 1.807) is 4.90 Å². The number of urea groups is 1. The van der Waals surface area contributed by atoms with E-state index in [2.05, 4.69) is 17.3 Å². The molecule has 7 nitrogen and oxygen atoms in total. The minimum Gasteiger partial charge on any atom is -0.337 e. The second-order valence-corrected chi connectivity index (χ2v) is 7.86. The first kappa shape index (κ1) is 19.5. The Balaban J connectivity index is 1.53. The van der Waals surface area contributed by atoms with Crippen molar-refractivity contribution in [1.29, 1.82) is 0 Å². The van der Waals surface area contributed by atoms with Crippen LogP contribution >= 0.6 is 0 Å². The Kier molecular flexibility index (Phi) is 5.56. The molecule has 1 aromatic carbocycles. The first-order valence-electron chi connectivity index (χ1n) is 10.6. The fraction of sp³-hybridized carbons (Fsp3) is 0.500. The van der Waals surface area contributed by atoms with Crippen LogP contribution < -0.4 is 5.32 Å². The minimum atomic E-state index is -0.128. The summed E-state index contributed by atoms with van der Waals surface area (Å²) in [5.41, 5.74) is 4.43. The number of hydrogen-bond acceptors (Lipinski definition) is 3. The topological polar surface area (TPSA) is 70.5 Å². The first-order valence-corrected chi connectivity index (χ1v) is 10.6. The lowest BCUT2D eigenvalue weighted by atomic mass is 10.0. The van der Waals surface area contributed by atoms with Gasteiger partial charge in [0.15, 0.2) is 5.69 Å². The summed E-state index contributed by atoms with van der Waals surface area (Å²) >= 11 is 0. The number of para-hydroxylation sites is 1. The van der Waals surface area contributed by atoms with Gasteiger partial charge in [-0.05, 0) is 37.3 Å². The smallest absolute Gasteiger partial charge is 0.322 e. The zero-order valence-corrected chi connectivity index (χ0v) is 17.3. The third-order valence-electron chi connectivity index (χ3n) is 6.02. The molecule has 1 N–H and O–H groups in total. The molecular formula is C22H29N5O2. The zero-order chi connectivity index (χ0) is 20.4. The number of piperidine rings is 1. The van der Waals surface area contributed by atoms with E-state index >= 15 is 0 Å². The van der Waals surface area contributed by atoms with Crippen LogP contribution in [-0.2, 0) is 26.4 Å². The summed E-state index contributed by atoms with van der Waals surface area (Å²) in [6.07, 6.45) is 4.84. The van der Waals surface area contributed by atoms with Crippen molar-refractivity contribution < 1.29 is 9.59 Å². The molecule has 29 heavy (non-hydrogen) atoms. The molecule has 0 bridgehead atoms. The average molecular weight is 396 g/mol. The second kappa shape index (κ2) is 8.27. The van der Waals surface area contributed by atoms with Crippen LogP contribution in [0.4, 0.5) is 10.5 Å². The van der Waals surface area contributed by atoms with Crippen LogP contribution in [0, 0.1) is 0 Å². The summed E-state index contributed by atoms with van der Waals surface area (Å²) in [6, 6.07) is 7.74. The highest BCUT2D eigenvalue weighted by atomic mass is 16.2. The fourth-order valence-electron chi connectivity index (χ4n) is 4.33. The number of rotatable bonds is 3. The molecule has 7 heteroatoms. The van der Waals surface area contributed by atoms with Crippen LogP contribution in [0.5, 0.6) is 0 Å². The Morgan fingerprint density at radius 2 is 1.83 bits per heavy atom. The van der Waals surface area contributed by atoms with Crippen molar-refractivity contribution in [2.45, 2.75) is 45.6 Å². The van der Waals surface area contributed by atoms with Crippen molar-refractivity contribution in [1.82, 2.24) is 19.6 Å². The summed E-state index contributed by atoms with van der Waals surface area (Å²) in [6.45, 7) is 4.69. The molecule has 0 saturated carbocycles. The molecule has 0 aliphatic carbocycles. The van der Waals surface area contributed by atoms with Gasteiger partial charge in [0.1, 0.15) is 0 Å². The lowest BCUT2D eigenvalue weighted by Gasteiger charge is -2.29. The van der Waals surface area contributed by atoms with Gasteiger partial charge in [-0.1, -0.05) is 25.1 Å². The van der Waals surface area contributed by atoms with Gasteiger partial charge in [-0.25, -0.2) is 4.79 Å². The monoisotopic (exact) mass is 395 g/mol. The largest absolute Gasteiger partial charge is 0.337 e. The van der Waals surface area contributed by atoms with Gasteiger partial charge in [-0.2, -0.15) is 5.10 Å². The van der Waals surface area contributed by atoms with Crippen LogP contribution in [0.15, 0.2) is 24.3 Å². The zero-order valence-electron chi connectivity index (χ0n) is 17.3. The van der Waals surface area contributed by atoms with Crippen LogP contribution in [0.1, 0.15) is 53.5 Å². The van der Waals surface area contributed by atoms with E-state index < -0.39 is 0 Å². The SMILES string of the molecule is CCc1ccccc1NC(=O)N1CCc2c(c(C(=O)N3CCCCC3)nn2C)C1. The first-order chi connectivity index (χ1) is 14.1. The van der Waals surface area contributed by atoms with Crippen molar-refractivity contribution in [3.05, 3.63) is 46.8 Å². The molecule has 3 heterocycles. The number of likely N-dealkylation sites (tertiary alicyclic amines) is 1. The predicted octanol–water partition coefficient (Wildman–Crippen LogP) is 3.20. The summed E-state index contributed by atoms with van der Waals surface area (Å²) in [5.74, 6) is 0.000127. The fourth-order valence-corrected chi connectivity index (χ4v) is 4.33. The quantitative estimate of drug-likeness (QED) is 0.868. The van der Waals surface area contributed by atoms with Gasteiger partial charge >= 0.3 is 6.03 Å². The highest BCUT2D eigenvalue weighted by Gasteiger charge is 2.31. The number of nitrogens with zero attached hydrogens (tertiary/aromatic N) is 4. The number of fused-ring (bicyclic) bond motifs is 1. The molecule has 1 fully saturated rings. The third-order valence-corrected chi connectivity index (χ3v) is 6.02. The lowest BCUT2D eigenvalue weighted by Crippen LogP contribution is -2.40. The molecule has 2 aliphatic rings. The molecule has 1 aromatic heterocycles. The van der Waals surface area contributed by atoms with Crippen molar-refractivity contribution in [3.63, 3.8) is 0 Å². The summed E-state index contributed by atoms with van der Waals surface area (Å²) in [5, 5.41) is 7.58. The summed E-state index contributed by atoms with van der Waals surface area (Å²) in [7, 11) is 1.89.